The third-order valence-electron chi connectivity index (χ3n) is 5.36. The maximum Gasteiger partial charge on any atom is 0.243 e. The molecule has 1 aliphatic rings. The second kappa shape index (κ2) is 7.86. The van der Waals surface area contributed by atoms with Crippen molar-refractivity contribution in [2.45, 2.75) is 13.0 Å². The summed E-state index contributed by atoms with van der Waals surface area (Å²) in [6.45, 7) is 5.00. The molecule has 7 nitrogen and oxygen atoms in total. The number of thiazole rings is 1. The minimum absolute atomic E-state index is 0.106. The summed E-state index contributed by atoms with van der Waals surface area (Å²) in [5, 5.41) is 6.48. The van der Waals surface area contributed by atoms with Crippen LogP contribution in [0.3, 0.4) is 0 Å². The quantitative estimate of drug-likeness (QED) is 0.521. The highest BCUT2D eigenvalue weighted by Crippen LogP contribution is 2.28. The number of nitrogens with zero attached hydrogens (tertiary/aromatic N) is 5. The molecule has 4 aromatic rings. The number of amides is 1. The van der Waals surface area contributed by atoms with E-state index in [1.165, 1.54) is 23.5 Å². The Morgan fingerprint density at radius 2 is 2.03 bits per heavy atom. The number of thiophene rings is 1. The van der Waals surface area contributed by atoms with Gasteiger partial charge in [-0.2, -0.15) is 0 Å². The molecule has 0 spiro atoms. The van der Waals surface area contributed by atoms with Gasteiger partial charge in [0, 0.05) is 26.2 Å². The molecule has 1 amide bonds. The van der Waals surface area contributed by atoms with Crippen LogP contribution in [0, 0.1) is 5.82 Å². The van der Waals surface area contributed by atoms with E-state index in [0.29, 0.717) is 10.6 Å². The van der Waals surface area contributed by atoms with Crippen LogP contribution in [0.2, 0.25) is 0 Å². The summed E-state index contributed by atoms with van der Waals surface area (Å²) in [5.74, 6) is 0.545. The Kier molecular flexibility index (Phi) is 5.05. The summed E-state index contributed by atoms with van der Waals surface area (Å²) in [4.78, 5) is 31.3. The van der Waals surface area contributed by atoms with E-state index in [9.17, 15) is 9.18 Å². The standard InChI is InChI=1S/C20H19FN6OS2/c1-12(18(28)25-20-24-15-3-2-13(21)10-16(15)30-20)26-5-7-27(8-6-26)17-14-4-9-29-19(14)23-11-22-17/h2-4,9-12H,5-8H2,1H3,(H,24,25,28). The highest BCUT2D eigenvalue weighted by molar-refractivity contribution is 7.22. The molecule has 10 heteroatoms. The van der Waals surface area contributed by atoms with Gasteiger partial charge < -0.3 is 10.2 Å². The van der Waals surface area contributed by atoms with Gasteiger partial charge >= 0.3 is 0 Å². The first kappa shape index (κ1) is 19.3. The van der Waals surface area contributed by atoms with Crippen LogP contribution in [-0.2, 0) is 4.79 Å². The smallest absolute Gasteiger partial charge is 0.243 e. The monoisotopic (exact) mass is 442 g/mol. The Morgan fingerprint density at radius 1 is 1.20 bits per heavy atom. The van der Waals surface area contributed by atoms with Gasteiger partial charge in [-0.3, -0.25) is 9.69 Å². The van der Waals surface area contributed by atoms with Gasteiger partial charge in [-0.1, -0.05) is 11.3 Å². The first-order valence-corrected chi connectivity index (χ1v) is 11.3. The number of piperazine rings is 1. The lowest BCUT2D eigenvalue weighted by atomic mass is 10.2. The van der Waals surface area contributed by atoms with E-state index in [1.54, 1.807) is 23.7 Å². The van der Waals surface area contributed by atoms with E-state index in [-0.39, 0.29) is 17.8 Å². The zero-order valence-electron chi connectivity index (χ0n) is 16.2. The molecule has 3 aromatic heterocycles. The maximum atomic E-state index is 13.4. The number of carbonyl (C=O) groups is 1. The van der Waals surface area contributed by atoms with Crippen LogP contribution < -0.4 is 10.2 Å². The zero-order valence-corrected chi connectivity index (χ0v) is 17.8. The fourth-order valence-electron chi connectivity index (χ4n) is 3.68. The van der Waals surface area contributed by atoms with Crippen LogP contribution in [0.5, 0.6) is 0 Å². The molecule has 1 N–H and O–H groups in total. The molecule has 0 aliphatic carbocycles. The number of hydrogen-bond donors (Lipinski definition) is 1. The van der Waals surface area contributed by atoms with E-state index in [1.807, 2.05) is 12.3 Å². The summed E-state index contributed by atoms with van der Waals surface area (Å²) in [5.41, 5.74) is 0.683. The van der Waals surface area contributed by atoms with Crippen LogP contribution in [0.4, 0.5) is 15.3 Å². The molecule has 1 fully saturated rings. The highest BCUT2D eigenvalue weighted by atomic mass is 32.1. The minimum Gasteiger partial charge on any atom is -0.353 e. The van der Waals surface area contributed by atoms with Crippen LogP contribution >= 0.6 is 22.7 Å². The van der Waals surface area contributed by atoms with Gasteiger partial charge in [0.1, 0.15) is 22.8 Å². The molecule has 1 aliphatic heterocycles. The maximum absolute atomic E-state index is 13.4. The van der Waals surface area contributed by atoms with E-state index >= 15 is 0 Å². The van der Waals surface area contributed by atoms with Gasteiger partial charge in [-0.25, -0.2) is 19.3 Å². The second-order valence-electron chi connectivity index (χ2n) is 7.16. The number of nitrogens with one attached hydrogen (secondary N) is 1. The van der Waals surface area contributed by atoms with E-state index in [4.69, 9.17) is 0 Å². The Bertz CT molecular complexity index is 1220. The SMILES string of the molecule is CC(C(=O)Nc1nc2ccc(F)cc2s1)N1CCN(c2ncnc3sccc23)CC1. The second-order valence-corrected chi connectivity index (χ2v) is 9.08. The molecule has 5 rings (SSSR count). The lowest BCUT2D eigenvalue weighted by molar-refractivity contribution is -0.120. The molecule has 0 bridgehead atoms. The van der Waals surface area contributed by atoms with Crippen molar-refractivity contribution in [2.75, 3.05) is 36.4 Å². The molecule has 1 unspecified atom stereocenters. The first-order valence-electron chi connectivity index (χ1n) is 9.62. The molecule has 0 saturated carbocycles. The summed E-state index contributed by atoms with van der Waals surface area (Å²) in [6.07, 6.45) is 1.61. The molecule has 1 atom stereocenters. The van der Waals surface area contributed by atoms with Crippen LogP contribution in [-0.4, -0.2) is 58.0 Å². The van der Waals surface area contributed by atoms with Crippen molar-refractivity contribution in [1.82, 2.24) is 19.9 Å². The number of halogens is 1. The van der Waals surface area contributed by atoms with E-state index < -0.39 is 0 Å². The van der Waals surface area contributed by atoms with Gasteiger partial charge in [0.2, 0.25) is 5.91 Å². The number of rotatable bonds is 4. The average molecular weight is 443 g/mol. The third-order valence-corrected chi connectivity index (χ3v) is 7.12. The minimum atomic E-state index is -0.307. The van der Waals surface area contributed by atoms with E-state index in [2.05, 4.69) is 36.1 Å². The molecule has 1 saturated heterocycles. The van der Waals surface area contributed by atoms with Crippen LogP contribution in [0.1, 0.15) is 6.92 Å². The third kappa shape index (κ3) is 3.62. The number of carbonyl (C=O) groups excluding carboxylic acids is 1. The fourth-order valence-corrected chi connectivity index (χ4v) is 5.30. The lowest BCUT2D eigenvalue weighted by Crippen LogP contribution is -2.53. The molecule has 154 valence electrons. The van der Waals surface area contributed by atoms with Crippen LogP contribution in [0.15, 0.2) is 36.0 Å². The number of fused-ring (bicyclic) bond motifs is 2. The van der Waals surface area contributed by atoms with Crippen molar-refractivity contribution < 1.29 is 9.18 Å². The van der Waals surface area contributed by atoms with Gasteiger partial charge in [0.15, 0.2) is 5.13 Å². The number of aromatic nitrogens is 3. The number of hydrogen-bond acceptors (Lipinski definition) is 8. The zero-order chi connectivity index (χ0) is 20.7. The number of anilines is 2. The topological polar surface area (TPSA) is 74.2 Å². The van der Waals surface area contributed by atoms with E-state index in [0.717, 1.165) is 46.9 Å². The molecular formula is C20H19FN6OS2. The number of benzene rings is 1. The van der Waals surface area contributed by atoms with Crippen molar-refractivity contribution in [3.05, 3.63) is 41.8 Å². The highest BCUT2D eigenvalue weighted by Gasteiger charge is 2.27. The largest absolute Gasteiger partial charge is 0.353 e. The summed E-state index contributed by atoms with van der Waals surface area (Å²) in [7, 11) is 0. The van der Waals surface area contributed by atoms with Gasteiger partial charge in [-0.05, 0) is 36.6 Å². The Hall–Kier alpha value is -2.69. The molecular weight excluding hydrogens is 423 g/mol. The van der Waals surface area contributed by atoms with Crippen molar-refractivity contribution >= 4 is 60.0 Å². The first-order chi connectivity index (χ1) is 14.6. The Balaban J connectivity index is 1.23. The Morgan fingerprint density at radius 3 is 2.87 bits per heavy atom. The normalized spacial score (nSPS) is 16.3. The fraction of sp³-hybridized carbons (Fsp3) is 0.300. The summed E-state index contributed by atoms with van der Waals surface area (Å²) < 4.78 is 14.1. The lowest BCUT2D eigenvalue weighted by Gasteiger charge is -2.38. The predicted octanol–water partition coefficient (Wildman–Crippen LogP) is 3.59. The summed E-state index contributed by atoms with van der Waals surface area (Å²) >= 11 is 2.89. The molecule has 30 heavy (non-hydrogen) atoms. The Labute approximate surface area is 180 Å². The average Bonchev–Trinajstić information content (AvgIpc) is 3.39. The molecule has 4 heterocycles. The van der Waals surface area contributed by atoms with Gasteiger partial charge in [-0.15, -0.1) is 11.3 Å². The van der Waals surface area contributed by atoms with Crippen molar-refractivity contribution in [1.29, 1.82) is 0 Å². The summed E-state index contributed by atoms with van der Waals surface area (Å²) in [6, 6.07) is 6.20. The predicted molar refractivity (Wildman–Crippen MR) is 119 cm³/mol. The molecule has 0 radical (unpaired) electrons. The van der Waals surface area contributed by atoms with Crippen molar-refractivity contribution in [3.8, 4) is 0 Å². The molecule has 1 aromatic carbocycles. The van der Waals surface area contributed by atoms with Crippen molar-refractivity contribution in [2.24, 2.45) is 0 Å². The van der Waals surface area contributed by atoms with Gasteiger partial charge in [0.25, 0.3) is 0 Å². The van der Waals surface area contributed by atoms with Crippen molar-refractivity contribution in [3.63, 3.8) is 0 Å². The van der Waals surface area contributed by atoms with Crippen LogP contribution in [0.25, 0.3) is 20.4 Å². The van der Waals surface area contributed by atoms with Gasteiger partial charge in [0.05, 0.1) is 21.6 Å².